The Morgan fingerprint density at radius 2 is 1.73 bits per heavy atom. The molecule has 4 aliphatic carbocycles. The number of hydrogen-bond acceptors (Lipinski definition) is 4. The molecule has 1 heterocycles. The topological polar surface area (TPSA) is 73.2 Å². The quantitative estimate of drug-likeness (QED) is 0.645. The van der Waals surface area contributed by atoms with Crippen molar-refractivity contribution in [2.75, 3.05) is 6.61 Å². The summed E-state index contributed by atoms with van der Waals surface area (Å²) >= 11 is 6.34. The molecule has 0 aromatic carbocycles. The molecule has 1 amide bonds. The summed E-state index contributed by atoms with van der Waals surface area (Å²) in [4.78, 5) is 25.1. The maximum Gasteiger partial charge on any atom is 0.343 e. The van der Waals surface area contributed by atoms with E-state index in [1.54, 1.807) is 11.6 Å². The highest BCUT2D eigenvalue weighted by Gasteiger charge is 2.53. The van der Waals surface area contributed by atoms with Crippen molar-refractivity contribution < 1.29 is 14.3 Å². The molecule has 4 fully saturated rings. The summed E-state index contributed by atoms with van der Waals surface area (Å²) in [7, 11) is 0. The maximum absolute atomic E-state index is 12.6. The number of aromatic nitrogens is 2. The maximum atomic E-state index is 12.6. The lowest BCUT2D eigenvalue weighted by molar-refractivity contribution is -0.128. The van der Waals surface area contributed by atoms with Gasteiger partial charge in [0.05, 0.1) is 5.69 Å². The molecule has 166 valence electrons. The highest BCUT2D eigenvalue weighted by Crippen LogP contribution is 2.61. The van der Waals surface area contributed by atoms with Gasteiger partial charge in [-0.25, -0.2) is 4.79 Å². The van der Waals surface area contributed by atoms with E-state index < -0.39 is 5.97 Å². The van der Waals surface area contributed by atoms with Gasteiger partial charge in [-0.05, 0) is 81.5 Å². The molecule has 1 N–H and O–H groups in total. The second-order valence-corrected chi connectivity index (χ2v) is 10.8. The van der Waals surface area contributed by atoms with Gasteiger partial charge in [0.15, 0.2) is 6.61 Å². The molecule has 1 aromatic heterocycles. The second-order valence-electron chi connectivity index (χ2n) is 10.5. The first kappa shape index (κ1) is 21.7. The Labute approximate surface area is 184 Å². The molecule has 4 aliphatic rings. The van der Waals surface area contributed by atoms with Crippen molar-refractivity contribution in [1.29, 1.82) is 0 Å². The van der Waals surface area contributed by atoms with Crippen LogP contribution >= 0.6 is 11.6 Å². The van der Waals surface area contributed by atoms with Gasteiger partial charge in [-0.1, -0.05) is 25.4 Å². The standard InChI is InChI=1S/C23H34ClN3O3/c1-13(2)11-27-21(24)20(14(3)26-27)22(29)30-12-19(28)25-15(4)23-8-16-5-17(9-23)7-18(6-16)10-23/h13,15-18H,5-12H2,1-4H3,(H,25,28). The fourth-order valence-electron chi connectivity index (χ4n) is 6.60. The van der Waals surface area contributed by atoms with E-state index in [2.05, 4.69) is 31.2 Å². The first-order valence-corrected chi connectivity index (χ1v) is 11.7. The number of carbonyl (C=O) groups excluding carboxylic acids is 2. The molecule has 1 unspecified atom stereocenters. The molecule has 0 aliphatic heterocycles. The molecule has 5 rings (SSSR count). The number of hydrogen-bond donors (Lipinski definition) is 1. The van der Waals surface area contributed by atoms with Crippen molar-refractivity contribution in [3.8, 4) is 0 Å². The fourth-order valence-corrected chi connectivity index (χ4v) is 6.92. The third-order valence-corrected chi connectivity index (χ3v) is 7.91. The van der Waals surface area contributed by atoms with E-state index in [1.165, 1.54) is 38.5 Å². The van der Waals surface area contributed by atoms with E-state index >= 15 is 0 Å². The minimum atomic E-state index is -0.592. The van der Waals surface area contributed by atoms with E-state index in [0.717, 1.165) is 17.8 Å². The van der Waals surface area contributed by atoms with Gasteiger partial charge in [-0.15, -0.1) is 0 Å². The van der Waals surface area contributed by atoms with Crippen molar-refractivity contribution >= 4 is 23.5 Å². The number of amides is 1. The largest absolute Gasteiger partial charge is 0.452 e. The third kappa shape index (κ3) is 4.12. The van der Waals surface area contributed by atoms with Crippen LogP contribution in [-0.2, 0) is 16.1 Å². The summed E-state index contributed by atoms with van der Waals surface area (Å²) in [6.07, 6.45) is 7.81. The van der Waals surface area contributed by atoms with E-state index in [9.17, 15) is 9.59 Å². The van der Waals surface area contributed by atoms with Crippen LogP contribution in [0.4, 0.5) is 0 Å². The number of nitrogens with one attached hydrogen (secondary N) is 1. The van der Waals surface area contributed by atoms with Gasteiger partial charge in [-0.2, -0.15) is 5.10 Å². The molecule has 30 heavy (non-hydrogen) atoms. The van der Waals surface area contributed by atoms with Gasteiger partial charge in [0.1, 0.15) is 10.7 Å². The number of aryl methyl sites for hydroxylation is 1. The molecule has 0 radical (unpaired) electrons. The van der Waals surface area contributed by atoms with Crippen LogP contribution in [0.1, 0.15) is 75.3 Å². The molecule has 7 heteroatoms. The number of nitrogens with zero attached hydrogens (tertiary/aromatic N) is 2. The van der Waals surface area contributed by atoms with Gasteiger partial charge in [0.25, 0.3) is 5.91 Å². The molecule has 6 nitrogen and oxygen atoms in total. The van der Waals surface area contributed by atoms with Crippen LogP contribution in [-0.4, -0.2) is 34.3 Å². The Bertz CT molecular complexity index is 797. The van der Waals surface area contributed by atoms with Crippen LogP contribution in [0.2, 0.25) is 5.15 Å². The Balaban J connectivity index is 1.33. The number of esters is 1. The predicted molar refractivity (Wildman–Crippen MR) is 115 cm³/mol. The average Bonchev–Trinajstić information content (AvgIpc) is 2.91. The van der Waals surface area contributed by atoms with Gasteiger partial charge in [0, 0.05) is 12.6 Å². The van der Waals surface area contributed by atoms with Crippen LogP contribution in [0, 0.1) is 36.0 Å². The highest BCUT2D eigenvalue weighted by molar-refractivity contribution is 6.32. The third-order valence-electron chi connectivity index (χ3n) is 7.52. The summed E-state index contributed by atoms with van der Waals surface area (Å²) in [5.74, 6) is 2.02. The summed E-state index contributed by atoms with van der Waals surface area (Å²) < 4.78 is 6.92. The van der Waals surface area contributed by atoms with Crippen LogP contribution in [0.15, 0.2) is 0 Å². The van der Waals surface area contributed by atoms with Crippen LogP contribution < -0.4 is 5.32 Å². The van der Waals surface area contributed by atoms with E-state index in [4.69, 9.17) is 16.3 Å². The number of ether oxygens (including phenoxy) is 1. The Hall–Kier alpha value is -1.56. The molecular formula is C23H34ClN3O3. The molecule has 1 atom stereocenters. The second kappa shape index (κ2) is 8.18. The molecular weight excluding hydrogens is 402 g/mol. The monoisotopic (exact) mass is 435 g/mol. The normalized spacial score (nSPS) is 30.5. The highest BCUT2D eigenvalue weighted by atomic mass is 35.5. The summed E-state index contributed by atoms with van der Waals surface area (Å²) in [6.45, 7) is 8.30. The first-order chi connectivity index (χ1) is 14.2. The zero-order chi connectivity index (χ0) is 21.6. The van der Waals surface area contributed by atoms with Crippen molar-refractivity contribution in [2.24, 2.45) is 29.1 Å². The molecule has 4 bridgehead atoms. The lowest BCUT2D eigenvalue weighted by atomic mass is 9.48. The molecule has 0 spiro atoms. The average molecular weight is 436 g/mol. The number of halogens is 1. The minimum Gasteiger partial charge on any atom is -0.452 e. The summed E-state index contributed by atoms with van der Waals surface area (Å²) in [5, 5.41) is 7.74. The van der Waals surface area contributed by atoms with Gasteiger partial charge in [0.2, 0.25) is 0 Å². The summed E-state index contributed by atoms with van der Waals surface area (Å²) in [6, 6.07) is 0.108. The Kier molecular flexibility index (Phi) is 5.90. The van der Waals surface area contributed by atoms with Gasteiger partial charge < -0.3 is 10.1 Å². The zero-order valence-electron chi connectivity index (χ0n) is 18.5. The molecule has 0 saturated heterocycles. The van der Waals surface area contributed by atoms with Crippen LogP contribution in [0.3, 0.4) is 0 Å². The van der Waals surface area contributed by atoms with Crippen molar-refractivity contribution in [3.63, 3.8) is 0 Å². The number of rotatable bonds is 7. The van der Waals surface area contributed by atoms with E-state index in [1.807, 2.05) is 0 Å². The predicted octanol–water partition coefficient (Wildman–Crippen LogP) is 4.38. The summed E-state index contributed by atoms with van der Waals surface area (Å²) in [5.41, 5.74) is 0.999. The van der Waals surface area contributed by atoms with Crippen molar-refractivity contribution in [2.45, 2.75) is 78.8 Å². The van der Waals surface area contributed by atoms with Crippen molar-refractivity contribution in [3.05, 3.63) is 16.4 Å². The molecule has 4 saturated carbocycles. The smallest absolute Gasteiger partial charge is 0.343 e. The number of carbonyl (C=O) groups is 2. The van der Waals surface area contributed by atoms with Crippen molar-refractivity contribution in [1.82, 2.24) is 15.1 Å². The van der Waals surface area contributed by atoms with Gasteiger partial charge in [-0.3, -0.25) is 9.48 Å². The minimum absolute atomic E-state index is 0.108. The van der Waals surface area contributed by atoms with Crippen LogP contribution in [0.5, 0.6) is 0 Å². The Morgan fingerprint density at radius 1 is 1.17 bits per heavy atom. The SMILES string of the molecule is Cc1nn(CC(C)C)c(Cl)c1C(=O)OCC(=O)NC(C)C12CC3CC(CC(C3)C1)C2. The molecule has 1 aromatic rings. The van der Waals surface area contributed by atoms with Gasteiger partial charge >= 0.3 is 5.97 Å². The zero-order valence-corrected chi connectivity index (χ0v) is 19.3. The Morgan fingerprint density at radius 3 is 2.27 bits per heavy atom. The fraction of sp³-hybridized carbons (Fsp3) is 0.783. The lowest BCUT2D eigenvalue weighted by Crippen LogP contribution is -2.56. The van der Waals surface area contributed by atoms with Crippen LogP contribution in [0.25, 0.3) is 0 Å². The first-order valence-electron chi connectivity index (χ1n) is 11.4. The van der Waals surface area contributed by atoms with E-state index in [-0.39, 0.29) is 34.7 Å². The van der Waals surface area contributed by atoms with E-state index in [0.29, 0.717) is 18.2 Å². The lowest BCUT2D eigenvalue weighted by Gasteiger charge is -2.59.